The van der Waals surface area contributed by atoms with Gasteiger partial charge in [0.2, 0.25) is 15.9 Å². The quantitative estimate of drug-likeness (QED) is 0.827. The third-order valence-electron chi connectivity index (χ3n) is 5.43. The molecule has 0 spiro atoms. The van der Waals surface area contributed by atoms with Gasteiger partial charge in [-0.15, -0.1) is 0 Å². The van der Waals surface area contributed by atoms with Gasteiger partial charge in [-0.1, -0.05) is 6.92 Å². The lowest BCUT2D eigenvalue weighted by Crippen LogP contribution is -2.46. The average molecular weight is 398 g/mol. The lowest BCUT2D eigenvalue weighted by Gasteiger charge is -2.33. The number of sulfonamides is 1. The molecule has 148 valence electrons. The summed E-state index contributed by atoms with van der Waals surface area (Å²) in [4.78, 5) is 25.6. The fourth-order valence-corrected chi connectivity index (χ4v) is 5.37. The Kier molecular flexibility index (Phi) is 5.53. The predicted molar refractivity (Wildman–Crippen MR) is 94.8 cm³/mol. The Morgan fingerprint density at radius 3 is 2.41 bits per heavy atom. The summed E-state index contributed by atoms with van der Waals surface area (Å²) in [6.07, 6.45) is 1.11. The van der Waals surface area contributed by atoms with Crippen LogP contribution in [0.15, 0.2) is 29.2 Å². The number of piperidine rings is 1. The molecule has 0 bridgehead atoms. The molecule has 3 atom stereocenters. The molecule has 0 radical (unpaired) electrons. The maximum atomic E-state index is 13.1. The Labute approximate surface area is 157 Å². The van der Waals surface area contributed by atoms with Crippen LogP contribution in [0.25, 0.3) is 0 Å². The van der Waals surface area contributed by atoms with E-state index in [0.717, 1.165) is 12.1 Å². The van der Waals surface area contributed by atoms with Gasteiger partial charge in [-0.25, -0.2) is 12.8 Å². The Hall–Kier alpha value is -2.00. The van der Waals surface area contributed by atoms with Crippen LogP contribution in [0.4, 0.5) is 4.39 Å². The largest absolute Gasteiger partial charge is 0.481 e. The van der Waals surface area contributed by atoms with Crippen LogP contribution in [0.3, 0.4) is 0 Å². The fourth-order valence-electron chi connectivity index (χ4n) is 3.84. The molecule has 1 unspecified atom stereocenters. The van der Waals surface area contributed by atoms with Crippen LogP contribution in [0, 0.1) is 23.6 Å². The van der Waals surface area contributed by atoms with Crippen molar-refractivity contribution in [3.63, 3.8) is 0 Å². The lowest BCUT2D eigenvalue weighted by molar-refractivity contribution is -0.142. The van der Waals surface area contributed by atoms with E-state index < -0.39 is 33.6 Å². The minimum Gasteiger partial charge on any atom is -0.481 e. The highest BCUT2D eigenvalue weighted by Gasteiger charge is 2.41. The maximum Gasteiger partial charge on any atom is 0.308 e. The van der Waals surface area contributed by atoms with Gasteiger partial charge >= 0.3 is 5.97 Å². The molecular formula is C18H23FN2O5S. The number of amides is 1. The molecule has 1 N–H and O–H groups in total. The molecule has 1 aromatic rings. The van der Waals surface area contributed by atoms with Crippen molar-refractivity contribution in [2.75, 3.05) is 26.2 Å². The number of benzene rings is 1. The SMILES string of the molecule is C[C@@H]1CN(C(=O)C2CCCN(S(=O)(=O)c3ccc(F)cc3)C2)C[C@H]1C(=O)O. The summed E-state index contributed by atoms with van der Waals surface area (Å²) in [6, 6.07) is 4.62. The van der Waals surface area contributed by atoms with E-state index in [2.05, 4.69) is 0 Å². The molecule has 2 saturated heterocycles. The summed E-state index contributed by atoms with van der Waals surface area (Å²) < 4.78 is 39.9. The zero-order valence-corrected chi connectivity index (χ0v) is 15.9. The summed E-state index contributed by atoms with van der Waals surface area (Å²) in [7, 11) is -3.80. The van der Waals surface area contributed by atoms with Gasteiger partial charge in [-0.05, 0) is 43.0 Å². The number of hydrogen-bond acceptors (Lipinski definition) is 4. The average Bonchev–Trinajstić information content (AvgIpc) is 3.03. The smallest absolute Gasteiger partial charge is 0.308 e. The number of carbonyl (C=O) groups is 2. The van der Waals surface area contributed by atoms with Crippen molar-refractivity contribution in [2.24, 2.45) is 17.8 Å². The number of rotatable bonds is 4. The number of carboxylic acids is 1. The van der Waals surface area contributed by atoms with Crippen molar-refractivity contribution in [3.8, 4) is 0 Å². The molecule has 2 heterocycles. The van der Waals surface area contributed by atoms with E-state index in [-0.39, 0.29) is 29.8 Å². The van der Waals surface area contributed by atoms with Gasteiger partial charge in [0.15, 0.2) is 0 Å². The number of carbonyl (C=O) groups excluding carboxylic acids is 1. The first kappa shape index (κ1) is 19.8. The number of aliphatic carboxylic acids is 1. The highest BCUT2D eigenvalue weighted by molar-refractivity contribution is 7.89. The second-order valence-corrected chi connectivity index (χ2v) is 9.26. The molecule has 0 saturated carbocycles. The summed E-state index contributed by atoms with van der Waals surface area (Å²) in [5, 5.41) is 9.24. The number of carboxylic acid groups (broad SMARTS) is 1. The normalized spacial score (nSPS) is 26.9. The molecule has 9 heteroatoms. The molecule has 2 aliphatic rings. The molecule has 7 nitrogen and oxygen atoms in total. The molecule has 27 heavy (non-hydrogen) atoms. The van der Waals surface area contributed by atoms with Gasteiger partial charge in [0, 0.05) is 26.2 Å². The third-order valence-corrected chi connectivity index (χ3v) is 7.31. The second-order valence-electron chi connectivity index (χ2n) is 7.32. The Morgan fingerprint density at radius 1 is 1.15 bits per heavy atom. The fraction of sp³-hybridized carbons (Fsp3) is 0.556. The molecular weight excluding hydrogens is 375 g/mol. The first-order valence-electron chi connectivity index (χ1n) is 8.97. The van der Waals surface area contributed by atoms with E-state index in [1.54, 1.807) is 11.8 Å². The molecule has 2 fully saturated rings. The van der Waals surface area contributed by atoms with Crippen molar-refractivity contribution in [2.45, 2.75) is 24.7 Å². The first-order chi connectivity index (χ1) is 12.7. The van der Waals surface area contributed by atoms with E-state index in [9.17, 15) is 27.5 Å². The van der Waals surface area contributed by atoms with Gasteiger partial charge in [-0.3, -0.25) is 9.59 Å². The van der Waals surface area contributed by atoms with Crippen LogP contribution in [0.1, 0.15) is 19.8 Å². The van der Waals surface area contributed by atoms with Crippen LogP contribution in [-0.2, 0) is 19.6 Å². The Bertz CT molecular complexity index is 827. The number of halogens is 1. The highest BCUT2D eigenvalue weighted by Crippen LogP contribution is 2.29. The van der Waals surface area contributed by atoms with Crippen LogP contribution in [0.2, 0.25) is 0 Å². The number of likely N-dealkylation sites (tertiary alicyclic amines) is 1. The van der Waals surface area contributed by atoms with Crippen LogP contribution < -0.4 is 0 Å². The standard InChI is InChI=1S/C18H23FN2O5S/c1-12-9-20(11-16(12)18(23)24)17(22)13-3-2-8-21(10-13)27(25,26)15-6-4-14(19)5-7-15/h4-7,12-13,16H,2-3,8-11H2,1H3,(H,23,24)/t12-,13?,16-/m1/s1. The minimum absolute atomic E-state index is 0.00210. The van der Waals surface area contributed by atoms with Gasteiger partial charge < -0.3 is 10.0 Å². The van der Waals surface area contributed by atoms with Gasteiger partial charge in [0.1, 0.15) is 5.82 Å². The van der Waals surface area contributed by atoms with Crippen LogP contribution >= 0.6 is 0 Å². The van der Waals surface area contributed by atoms with E-state index >= 15 is 0 Å². The Morgan fingerprint density at radius 2 is 1.81 bits per heavy atom. The van der Waals surface area contributed by atoms with Crippen molar-refractivity contribution < 1.29 is 27.5 Å². The zero-order valence-electron chi connectivity index (χ0n) is 15.0. The van der Waals surface area contributed by atoms with Gasteiger partial charge in [0.05, 0.1) is 16.7 Å². The predicted octanol–water partition coefficient (Wildman–Crippen LogP) is 1.41. The number of hydrogen-bond donors (Lipinski definition) is 1. The molecule has 2 aliphatic heterocycles. The summed E-state index contributed by atoms with van der Waals surface area (Å²) in [5.74, 6) is -2.83. The summed E-state index contributed by atoms with van der Waals surface area (Å²) in [5.41, 5.74) is 0. The third kappa shape index (κ3) is 3.98. The van der Waals surface area contributed by atoms with E-state index in [1.807, 2.05) is 0 Å². The monoisotopic (exact) mass is 398 g/mol. The van der Waals surface area contributed by atoms with Crippen molar-refractivity contribution in [1.29, 1.82) is 0 Å². The highest BCUT2D eigenvalue weighted by atomic mass is 32.2. The summed E-state index contributed by atoms with van der Waals surface area (Å²) in [6.45, 7) is 2.70. The van der Waals surface area contributed by atoms with E-state index in [0.29, 0.717) is 25.9 Å². The molecule has 3 rings (SSSR count). The molecule has 1 amide bonds. The topological polar surface area (TPSA) is 95.0 Å². The van der Waals surface area contributed by atoms with E-state index in [1.165, 1.54) is 16.4 Å². The van der Waals surface area contributed by atoms with Crippen LogP contribution in [-0.4, -0.2) is 60.8 Å². The molecule has 1 aromatic carbocycles. The molecule has 0 aromatic heterocycles. The second kappa shape index (κ2) is 7.55. The van der Waals surface area contributed by atoms with Gasteiger partial charge in [0.25, 0.3) is 0 Å². The lowest BCUT2D eigenvalue weighted by atomic mass is 9.98. The summed E-state index contributed by atoms with van der Waals surface area (Å²) >= 11 is 0. The first-order valence-corrected chi connectivity index (χ1v) is 10.4. The van der Waals surface area contributed by atoms with E-state index in [4.69, 9.17) is 0 Å². The van der Waals surface area contributed by atoms with Gasteiger partial charge in [-0.2, -0.15) is 4.31 Å². The number of nitrogens with zero attached hydrogens (tertiary/aromatic N) is 2. The maximum absolute atomic E-state index is 13.1. The van der Waals surface area contributed by atoms with Crippen molar-refractivity contribution in [1.82, 2.24) is 9.21 Å². The Balaban J connectivity index is 1.71. The van der Waals surface area contributed by atoms with Crippen LogP contribution in [0.5, 0.6) is 0 Å². The van der Waals surface area contributed by atoms with Crippen molar-refractivity contribution in [3.05, 3.63) is 30.1 Å². The minimum atomic E-state index is -3.80. The zero-order chi connectivity index (χ0) is 19.8. The van der Waals surface area contributed by atoms with Crippen molar-refractivity contribution >= 4 is 21.9 Å². The molecule has 0 aliphatic carbocycles.